The second-order valence-corrected chi connectivity index (χ2v) is 9.20. The molecule has 0 N–H and O–H groups in total. The molecule has 3 rings (SSSR count). The number of ether oxygens (including phenoxy) is 1. The molecule has 158 valence electrons. The van der Waals surface area contributed by atoms with Crippen LogP contribution in [0, 0.1) is 0 Å². The number of carbonyl (C=O) groups excluding carboxylic acids is 1. The van der Waals surface area contributed by atoms with Crippen molar-refractivity contribution in [3.63, 3.8) is 0 Å². The third-order valence-corrected chi connectivity index (χ3v) is 6.63. The lowest BCUT2D eigenvalue weighted by atomic mass is 10.1. The lowest BCUT2D eigenvalue weighted by Crippen LogP contribution is -2.31. The molecule has 0 amide bonds. The fraction of sp³-hybridized carbons (Fsp3) is 0.526. The molecule has 1 aliphatic rings. The SMILES string of the molecule is CCc1noc(COC(=O)c2cc(S(=O)(=O)N(C)C)ccc2N2CCCCC2)n1. The molecule has 9 nitrogen and oxygen atoms in total. The van der Waals surface area contributed by atoms with Crippen LogP contribution < -0.4 is 4.90 Å². The highest BCUT2D eigenvalue weighted by Crippen LogP contribution is 2.28. The Kier molecular flexibility index (Phi) is 6.53. The van der Waals surface area contributed by atoms with Gasteiger partial charge in [0.2, 0.25) is 10.0 Å². The molecule has 0 unspecified atom stereocenters. The summed E-state index contributed by atoms with van der Waals surface area (Å²) in [4.78, 5) is 19.1. The number of rotatable bonds is 7. The molecule has 0 atom stereocenters. The van der Waals surface area contributed by atoms with Crippen LogP contribution in [-0.2, 0) is 27.8 Å². The Morgan fingerprint density at radius 3 is 2.59 bits per heavy atom. The van der Waals surface area contributed by atoms with Crippen LogP contribution in [0.2, 0.25) is 0 Å². The first-order valence-corrected chi connectivity index (χ1v) is 11.1. The van der Waals surface area contributed by atoms with Crippen LogP contribution in [0.25, 0.3) is 0 Å². The number of hydrogen-bond acceptors (Lipinski definition) is 8. The summed E-state index contributed by atoms with van der Waals surface area (Å²) in [6.45, 7) is 3.34. The predicted molar refractivity (Wildman–Crippen MR) is 106 cm³/mol. The maximum Gasteiger partial charge on any atom is 0.340 e. The van der Waals surface area contributed by atoms with Crippen molar-refractivity contribution >= 4 is 21.7 Å². The molecule has 1 saturated heterocycles. The van der Waals surface area contributed by atoms with Gasteiger partial charge < -0.3 is 14.2 Å². The number of nitrogens with zero attached hydrogens (tertiary/aromatic N) is 4. The van der Waals surface area contributed by atoms with Crippen LogP contribution in [0.15, 0.2) is 27.6 Å². The minimum atomic E-state index is -3.68. The van der Waals surface area contributed by atoms with Gasteiger partial charge in [-0.05, 0) is 37.5 Å². The van der Waals surface area contributed by atoms with Crippen LogP contribution in [0.4, 0.5) is 5.69 Å². The number of aryl methyl sites for hydroxylation is 1. The van der Waals surface area contributed by atoms with Crippen LogP contribution in [0.3, 0.4) is 0 Å². The number of esters is 1. The van der Waals surface area contributed by atoms with E-state index in [0.717, 1.165) is 36.7 Å². The van der Waals surface area contributed by atoms with Crippen molar-refractivity contribution in [1.82, 2.24) is 14.4 Å². The monoisotopic (exact) mass is 422 g/mol. The van der Waals surface area contributed by atoms with E-state index in [0.29, 0.717) is 17.9 Å². The van der Waals surface area contributed by atoms with Crippen molar-refractivity contribution in [2.45, 2.75) is 44.1 Å². The summed E-state index contributed by atoms with van der Waals surface area (Å²) in [6, 6.07) is 4.59. The maximum atomic E-state index is 12.9. The first-order valence-electron chi connectivity index (χ1n) is 9.63. The van der Waals surface area contributed by atoms with E-state index < -0.39 is 16.0 Å². The first kappa shape index (κ1) is 21.3. The lowest BCUT2D eigenvalue weighted by molar-refractivity contribution is 0.0430. The Balaban J connectivity index is 1.90. The largest absolute Gasteiger partial charge is 0.452 e. The van der Waals surface area contributed by atoms with Crippen LogP contribution >= 0.6 is 0 Å². The molecule has 29 heavy (non-hydrogen) atoms. The average molecular weight is 423 g/mol. The molecule has 0 spiro atoms. The van der Waals surface area contributed by atoms with Gasteiger partial charge in [-0.25, -0.2) is 17.5 Å². The van der Waals surface area contributed by atoms with E-state index in [-0.39, 0.29) is 23.0 Å². The van der Waals surface area contributed by atoms with Gasteiger partial charge in [-0.2, -0.15) is 4.98 Å². The van der Waals surface area contributed by atoms with E-state index in [9.17, 15) is 13.2 Å². The second-order valence-electron chi connectivity index (χ2n) is 7.05. The molecule has 10 heteroatoms. The summed E-state index contributed by atoms with van der Waals surface area (Å²) in [5, 5.41) is 3.77. The van der Waals surface area contributed by atoms with Crippen molar-refractivity contribution in [2.75, 3.05) is 32.1 Å². The summed E-state index contributed by atoms with van der Waals surface area (Å²) in [5.41, 5.74) is 0.886. The molecule has 2 aromatic rings. The van der Waals surface area contributed by atoms with Gasteiger partial charge in [0, 0.05) is 33.6 Å². The summed E-state index contributed by atoms with van der Waals surface area (Å²) in [6.07, 6.45) is 3.79. The van der Waals surface area contributed by atoms with Gasteiger partial charge in [-0.15, -0.1) is 0 Å². The van der Waals surface area contributed by atoms with Gasteiger partial charge in [0.25, 0.3) is 5.89 Å². The molecule has 0 saturated carbocycles. The zero-order valence-electron chi connectivity index (χ0n) is 16.9. The molecule has 0 bridgehead atoms. The van der Waals surface area contributed by atoms with E-state index >= 15 is 0 Å². The van der Waals surface area contributed by atoms with Crippen molar-refractivity contribution in [3.8, 4) is 0 Å². The molecule has 1 aromatic carbocycles. The molecule has 1 aliphatic heterocycles. The minimum Gasteiger partial charge on any atom is -0.452 e. The Labute approximate surface area is 170 Å². The molecule has 1 fully saturated rings. The van der Waals surface area contributed by atoms with Gasteiger partial charge >= 0.3 is 5.97 Å². The van der Waals surface area contributed by atoms with Gasteiger partial charge in [-0.1, -0.05) is 12.1 Å². The third-order valence-electron chi connectivity index (χ3n) is 4.82. The van der Waals surface area contributed by atoms with E-state index in [1.807, 2.05) is 6.92 Å². The van der Waals surface area contributed by atoms with Crippen molar-refractivity contribution < 1.29 is 22.5 Å². The highest BCUT2D eigenvalue weighted by Gasteiger charge is 2.25. The van der Waals surface area contributed by atoms with E-state index in [2.05, 4.69) is 15.0 Å². The Hall–Kier alpha value is -2.46. The fourth-order valence-electron chi connectivity index (χ4n) is 3.16. The maximum absolute atomic E-state index is 12.9. The smallest absolute Gasteiger partial charge is 0.340 e. The second kappa shape index (κ2) is 8.91. The lowest BCUT2D eigenvalue weighted by Gasteiger charge is -2.30. The summed E-state index contributed by atoms with van der Waals surface area (Å²) in [7, 11) is -0.779. The fourth-order valence-corrected chi connectivity index (χ4v) is 4.09. The number of carbonyl (C=O) groups is 1. The summed E-state index contributed by atoms with van der Waals surface area (Å²) < 4.78 is 36.6. The highest BCUT2D eigenvalue weighted by molar-refractivity contribution is 7.89. The van der Waals surface area contributed by atoms with Gasteiger partial charge in [0.1, 0.15) is 0 Å². The molecular weight excluding hydrogens is 396 g/mol. The van der Waals surface area contributed by atoms with Gasteiger partial charge in [-0.3, -0.25) is 0 Å². The van der Waals surface area contributed by atoms with Crippen LogP contribution in [0.5, 0.6) is 0 Å². The number of aromatic nitrogens is 2. The molecule has 2 heterocycles. The Morgan fingerprint density at radius 1 is 1.24 bits per heavy atom. The number of hydrogen-bond donors (Lipinski definition) is 0. The van der Waals surface area contributed by atoms with Crippen LogP contribution in [-0.4, -0.2) is 56.0 Å². The quantitative estimate of drug-likeness (QED) is 0.626. The van der Waals surface area contributed by atoms with E-state index in [4.69, 9.17) is 9.26 Å². The number of anilines is 1. The normalized spacial score (nSPS) is 15.0. The number of piperidine rings is 1. The summed E-state index contributed by atoms with van der Waals surface area (Å²) >= 11 is 0. The molecule has 1 aromatic heterocycles. The van der Waals surface area contributed by atoms with Crippen molar-refractivity contribution in [3.05, 3.63) is 35.5 Å². The Morgan fingerprint density at radius 2 is 1.97 bits per heavy atom. The Bertz CT molecular complexity index is 965. The zero-order chi connectivity index (χ0) is 21.0. The number of benzene rings is 1. The van der Waals surface area contributed by atoms with Gasteiger partial charge in [0.05, 0.1) is 16.1 Å². The average Bonchev–Trinajstić information content (AvgIpc) is 3.20. The zero-order valence-corrected chi connectivity index (χ0v) is 17.7. The molecular formula is C19H26N4O5S. The van der Waals surface area contributed by atoms with Crippen molar-refractivity contribution in [1.29, 1.82) is 0 Å². The molecule has 0 aliphatic carbocycles. The minimum absolute atomic E-state index is 0.0428. The third kappa shape index (κ3) is 4.76. The topological polar surface area (TPSA) is 106 Å². The van der Waals surface area contributed by atoms with E-state index in [1.165, 1.54) is 26.2 Å². The van der Waals surface area contributed by atoms with Crippen LogP contribution in [0.1, 0.15) is 48.3 Å². The molecule has 0 radical (unpaired) electrons. The first-order chi connectivity index (χ1) is 13.8. The predicted octanol–water partition coefficient (Wildman–Crippen LogP) is 2.23. The number of sulfonamides is 1. The highest BCUT2D eigenvalue weighted by atomic mass is 32.2. The van der Waals surface area contributed by atoms with Gasteiger partial charge in [0.15, 0.2) is 12.4 Å². The summed E-state index contributed by atoms with van der Waals surface area (Å²) in [5.74, 6) is 0.105. The van der Waals surface area contributed by atoms with E-state index in [1.54, 1.807) is 6.07 Å². The van der Waals surface area contributed by atoms with Crippen molar-refractivity contribution in [2.24, 2.45) is 0 Å². The standard InChI is InChI=1S/C19H26N4O5S/c1-4-17-20-18(28-21-17)13-27-19(24)15-12-14(29(25,26)22(2)3)8-9-16(15)23-10-6-5-7-11-23/h8-9,12H,4-7,10-11,13H2,1-3H3.